The highest BCUT2D eigenvalue weighted by Gasteiger charge is 2.63. The Morgan fingerprint density at radius 1 is 1.33 bits per heavy atom. The van der Waals surface area contributed by atoms with Crippen molar-refractivity contribution >= 4 is 15.9 Å². The van der Waals surface area contributed by atoms with E-state index < -0.39 is 11.9 Å². The Bertz CT molecular complexity index is 474. The number of hydrogen-bond donors (Lipinski definition) is 0. The molecule has 18 heavy (non-hydrogen) atoms. The molecule has 4 nitrogen and oxygen atoms in total. The number of fused-ring (bicyclic) bond motifs is 3. The van der Waals surface area contributed by atoms with Crippen molar-refractivity contribution in [1.29, 1.82) is 0 Å². The van der Waals surface area contributed by atoms with Crippen LogP contribution in [0.1, 0.15) is 18.6 Å². The quantitative estimate of drug-likeness (QED) is 0.635. The number of benzene rings is 1. The summed E-state index contributed by atoms with van der Waals surface area (Å²) in [6.45, 7) is 1.96. The molecule has 1 fully saturated rings. The van der Waals surface area contributed by atoms with E-state index in [2.05, 4.69) is 15.9 Å². The minimum atomic E-state index is -0.616. The zero-order valence-corrected chi connectivity index (χ0v) is 12.1. The Balaban J connectivity index is 1.98. The number of methoxy groups -OCH3 is 2. The van der Waals surface area contributed by atoms with Gasteiger partial charge in [0.05, 0.1) is 0 Å². The van der Waals surface area contributed by atoms with E-state index in [0.717, 1.165) is 15.8 Å². The molecule has 0 aromatic heterocycles. The monoisotopic (exact) mass is 314 g/mol. The van der Waals surface area contributed by atoms with Crippen LogP contribution in [0, 0.1) is 0 Å². The SMILES string of the molecule is COC(OC)C1(C)Oc2ccc(Br)cc2C2OC21. The summed E-state index contributed by atoms with van der Waals surface area (Å²) in [6, 6.07) is 5.93. The maximum atomic E-state index is 6.08. The Kier molecular flexibility index (Phi) is 2.90. The van der Waals surface area contributed by atoms with E-state index in [9.17, 15) is 0 Å². The number of hydrogen-bond acceptors (Lipinski definition) is 4. The minimum Gasteiger partial charge on any atom is -0.479 e. The molecule has 0 saturated carbocycles. The van der Waals surface area contributed by atoms with E-state index >= 15 is 0 Å². The second-order valence-electron chi connectivity index (χ2n) is 4.75. The van der Waals surface area contributed by atoms with Crippen molar-refractivity contribution in [2.75, 3.05) is 14.2 Å². The lowest BCUT2D eigenvalue weighted by atomic mass is 9.92. The molecular weight excluding hydrogens is 300 g/mol. The highest BCUT2D eigenvalue weighted by molar-refractivity contribution is 9.10. The van der Waals surface area contributed by atoms with Crippen LogP contribution in [0.15, 0.2) is 22.7 Å². The lowest BCUT2D eigenvalue weighted by molar-refractivity contribution is -0.205. The first-order chi connectivity index (χ1) is 8.60. The molecule has 3 atom stereocenters. The molecule has 0 radical (unpaired) electrons. The maximum Gasteiger partial charge on any atom is 0.199 e. The summed E-state index contributed by atoms with van der Waals surface area (Å²) in [4.78, 5) is 0. The second-order valence-corrected chi connectivity index (χ2v) is 5.66. The van der Waals surface area contributed by atoms with Crippen molar-refractivity contribution in [2.24, 2.45) is 0 Å². The van der Waals surface area contributed by atoms with Gasteiger partial charge in [-0.3, -0.25) is 0 Å². The van der Waals surface area contributed by atoms with E-state index in [1.54, 1.807) is 14.2 Å². The first kappa shape index (κ1) is 12.4. The molecule has 3 rings (SSSR count). The number of rotatable bonds is 3. The third-order valence-corrected chi connectivity index (χ3v) is 4.05. The van der Waals surface area contributed by atoms with Crippen molar-refractivity contribution < 1.29 is 18.9 Å². The summed E-state index contributed by atoms with van der Waals surface area (Å²) in [5.74, 6) is 0.832. The summed E-state index contributed by atoms with van der Waals surface area (Å²) in [6.07, 6.45) is -0.405. The number of epoxide rings is 1. The van der Waals surface area contributed by atoms with Crippen molar-refractivity contribution in [3.8, 4) is 5.75 Å². The molecular formula is C13H15BrO4. The predicted octanol–water partition coefficient (Wildman–Crippen LogP) is 2.66. The van der Waals surface area contributed by atoms with Crippen LogP contribution in [0.4, 0.5) is 0 Å². The van der Waals surface area contributed by atoms with Crippen molar-refractivity contribution in [1.82, 2.24) is 0 Å². The molecule has 1 saturated heterocycles. The van der Waals surface area contributed by atoms with Gasteiger partial charge in [0, 0.05) is 24.3 Å². The van der Waals surface area contributed by atoms with E-state index in [1.807, 2.05) is 25.1 Å². The largest absolute Gasteiger partial charge is 0.479 e. The Morgan fingerprint density at radius 2 is 2.06 bits per heavy atom. The predicted molar refractivity (Wildman–Crippen MR) is 68.6 cm³/mol. The van der Waals surface area contributed by atoms with Gasteiger partial charge in [-0.05, 0) is 25.1 Å². The van der Waals surface area contributed by atoms with Crippen molar-refractivity contribution in [2.45, 2.75) is 31.0 Å². The van der Waals surface area contributed by atoms with Gasteiger partial charge in [0.2, 0.25) is 0 Å². The lowest BCUT2D eigenvalue weighted by Gasteiger charge is -2.37. The van der Waals surface area contributed by atoms with Crippen LogP contribution >= 0.6 is 15.9 Å². The maximum absolute atomic E-state index is 6.08. The van der Waals surface area contributed by atoms with Gasteiger partial charge >= 0.3 is 0 Å². The molecule has 0 N–H and O–H groups in total. The van der Waals surface area contributed by atoms with Gasteiger partial charge < -0.3 is 18.9 Å². The van der Waals surface area contributed by atoms with Crippen LogP contribution in [0.5, 0.6) is 5.75 Å². The first-order valence-electron chi connectivity index (χ1n) is 5.79. The average Bonchev–Trinajstić information content (AvgIpc) is 3.13. The van der Waals surface area contributed by atoms with Crippen LogP contribution in [0.25, 0.3) is 0 Å². The molecule has 2 aliphatic heterocycles. The van der Waals surface area contributed by atoms with Gasteiger partial charge in [0.1, 0.15) is 18.0 Å². The summed E-state index contributed by atoms with van der Waals surface area (Å²) in [5.41, 5.74) is 0.465. The molecule has 2 heterocycles. The highest BCUT2D eigenvalue weighted by atomic mass is 79.9. The van der Waals surface area contributed by atoms with Crippen LogP contribution in [-0.2, 0) is 14.2 Å². The third-order valence-electron chi connectivity index (χ3n) is 3.56. The Morgan fingerprint density at radius 3 is 2.72 bits per heavy atom. The standard InChI is InChI=1S/C13H15BrO4/c1-13(12(15-2)16-3)11-10(17-11)8-6-7(14)4-5-9(8)18-13/h4-6,10-12H,1-3H3. The van der Waals surface area contributed by atoms with Crippen LogP contribution in [0.2, 0.25) is 0 Å². The second kappa shape index (κ2) is 4.20. The summed E-state index contributed by atoms with van der Waals surface area (Å²) >= 11 is 3.46. The number of halogens is 1. The van der Waals surface area contributed by atoms with Crippen LogP contribution < -0.4 is 4.74 Å². The average molecular weight is 315 g/mol. The van der Waals surface area contributed by atoms with Crippen molar-refractivity contribution in [3.05, 3.63) is 28.2 Å². The van der Waals surface area contributed by atoms with Gasteiger partial charge in [0.25, 0.3) is 0 Å². The molecule has 98 valence electrons. The fourth-order valence-corrected chi connectivity index (χ4v) is 3.04. The topological polar surface area (TPSA) is 40.2 Å². The summed E-state index contributed by atoms with van der Waals surface area (Å²) < 4.78 is 23.5. The fraction of sp³-hybridized carbons (Fsp3) is 0.538. The van der Waals surface area contributed by atoms with Crippen LogP contribution in [-0.4, -0.2) is 32.2 Å². The summed E-state index contributed by atoms with van der Waals surface area (Å²) in [7, 11) is 3.22. The molecule has 0 amide bonds. The highest BCUT2D eigenvalue weighted by Crippen LogP contribution is 2.55. The minimum absolute atomic E-state index is 0.0239. The molecule has 0 spiro atoms. The number of ether oxygens (including phenoxy) is 4. The molecule has 3 unspecified atom stereocenters. The first-order valence-corrected chi connectivity index (χ1v) is 6.59. The lowest BCUT2D eigenvalue weighted by Crippen LogP contribution is -2.53. The smallest absolute Gasteiger partial charge is 0.199 e. The van der Waals surface area contributed by atoms with E-state index in [4.69, 9.17) is 18.9 Å². The summed E-state index contributed by atoms with van der Waals surface area (Å²) in [5, 5.41) is 0. The van der Waals surface area contributed by atoms with Crippen molar-refractivity contribution in [3.63, 3.8) is 0 Å². The Labute approximate surface area is 114 Å². The molecule has 1 aromatic rings. The Hall–Kier alpha value is -0.620. The molecule has 2 aliphatic rings. The van der Waals surface area contributed by atoms with Gasteiger partial charge in [-0.1, -0.05) is 15.9 Å². The van der Waals surface area contributed by atoms with E-state index in [0.29, 0.717) is 0 Å². The zero-order chi connectivity index (χ0) is 12.9. The fourth-order valence-electron chi connectivity index (χ4n) is 2.66. The van der Waals surface area contributed by atoms with Crippen LogP contribution in [0.3, 0.4) is 0 Å². The molecule has 0 aliphatic carbocycles. The van der Waals surface area contributed by atoms with E-state index in [1.165, 1.54) is 0 Å². The normalized spacial score (nSPS) is 32.7. The molecule has 0 bridgehead atoms. The zero-order valence-electron chi connectivity index (χ0n) is 10.5. The van der Waals surface area contributed by atoms with Gasteiger partial charge in [-0.25, -0.2) is 0 Å². The molecule has 1 aromatic carbocycles. The third kappa shape index (κ3) is 1.69. The van der Waals surface area contributed by atoms with Gasteiger partial charge in [-0.15, -0.1) is 0 Å². The van der Waals surface area contributed by atoms with Gasteiger partial charge in [-0.2, -0.15) is 0 Å². The van der Waals surface area contributed by atoms with E-state index in [-0.39, 0.29) is 12.2 Å². The van der Waals surface area contributed by atoms with Gasteiger partial charge in [0.15, 0.2) is 11.9 Å². The molecule has 5 heteroatoms.